The van der Waals surface area contributed by atoms with Crippen LogP contribution in [0.25, 0.3) is 0 Å². The topological polar surface area (TPSA) is 105 Å². The number of sulfonamides is 1. The molecule has 0 spiro atoms. The molecule has 0 aromatic heterocycles. The van der Waals surface area contributed by atoms with E-state index in [0.717, 1.165) is 28.3 Å². The van der Waals surface area contributed by atoms with Crippen LogP contribution >= 0.6 is 0 Å². The van der Waals surface area contributed by atoms with Crippen LogP contribution in [0.4, 0.5) is 5.69 Å². The SMILES string of the molecule is CCCCNC(=O)[C@H](CC)N(Cc1ccc(OC)cc1)C(=O)CN(c1ccc(C)cc1)S(=O)(=O)c1ccc(OC)cc1. The lowest BCUT2D eigenvalue weighted by Gasteiger charge is -2.33. The number of nitrogens with one attached hydrogen (secondary N) is 1. The van der Waals surface area contributed by atoms with Gasteiger partial charge in [-0.15, -0.1) is 0 Å². The Morgan fingerprint density at radius 1 is 0.857 bits per heavy atom. The molecular weight excluding hydrogens is 554 g/mol. The maximum absolute atomic E-state index is 14.1. The molecule has 0 saturated heterocycles. The number of nitrogens with zero attached hydrogens (tertiary/aromatic N) is 2. The maximum Gasteiger partial charge on any atom is 0.264 e. The monoisotopic (exact) mass is 595 g/mol. The molecule has 9 nitrogen and oxygen atoms in total. The highest BCUT2D eigenvalue weighted by atomic mass is 32.2. The highest BCUT2D eigenvalue weighted by Crippen LogP contribution is 2.26. The van der Waals surface area contributed by atoms with Crippen LogP contribution in [-0.4, -0.2) is 58.5 Å². The van der Waals surface area contributed by atoms with Crippen molar-refractivity contribution in [3.05, 3.63) is 83.9 Å². The Morgan fingerprint density at radius 3 is 1.95 bits per heavy atom. The van der Waals surface area contributed by atoms with Gasteiger partial charge >= 0.3 is 0 Å². The number of hydrogen-bond acceptors (Lipinski definition) is 6. The minimum Gasteiger partial charge on any atom is -0.497 e. The molecule has 2 amide bonds. The van der Waals surface area contributed by atoms with Crippen LogP contribution in [0.1, 0.15) is 44.2 Å². The fourth-order valence-electron chi connectivity index (χ4n) is 4.47. The van der Waals surface area contributed by atoms with E-state index >= 15 is 0 Å². The minimum absolute atomic E-state index is 0.0164. The average Bonchev–Trinajstić information content (AvgIpc) is 3.00. The molecule has 0 aliphatic heterocycles. The van der Waals surface area contributed by atoms with E-state index in [1.807, 2.05) is 32.9 Å². The number of methoxy groups -OCH3 is 2. The second-order valence-corrected chi connectivity index (χ2v) is 11.8. The van der Waals surface area contributed by atoms with E-state index in [4.69, 9.17) is 9.47 Å². The van der Waals surface area contributed by atoms with Gasteiger partial charge in [0.2, 0.25) is 11.8 Å². The van der Waals surface area contributed by atoms with Gasteiger partial charge in [-0.1, -0.05) is 50.1 Å². The summed E-state index contributed by atoms with van der Waals surface area (Å²) in [7, 11) is -1.09. The van der Waals surface area contributed by atoms with E-state index in [-0.39, 0.29) is 17.3 Å². The van der Waals surface area contributed by atoms with E-state index < -0.39 is 28.5 Å². The van der Waals surface area contributed by atoms with Gasteiger partial charge in [0.25, 0.3) is 10.0 Å². The van der Waals surface area contributed by atoms with Gasteiger partial charge in [0.05, 0.1) is 24.8 Å². The van der Waals surface area contributed by atoms with Crippen LogP contribution in [0, 0.1) is 6.92 Å². The van der Waals surface area contributed by atoms with Crippen LogP contribution in [0.2, 0.25) is 0 Å². The van der Waals surface area contributed by atoms with E-state index in [2.05, 4.69) is 5.32 Å². The fraction of sp³-hybridized carbons (Fsp3) is 0.375. The van der Waals surface area contributed by atoms with Crippen molar-refractivity contribution in [2.75, 3.05) is 31.6 Å². The second kappa shape index (κ2) is 15.3. The molecule has 0 fully saturated rings. The zero-order chi connectivity index (χ0) is 30.7. The lowest BCUT2D eigenvalue weighted by atomic mass is 10.1. The molecule has 10 heteroatoms. The molecule has 3 rings (SSSR count). The van der Waals surface area contributed by atoms with E-state index in [0.29, 0.717) is 30.2 Å². The summed E-state index contributed by atoms with van der Waals surface area (Å²) in [6.07, 6.45) is 2.09. The van der Waals surface area contributed by atoms with Crippen LogP contribution in [0.15, 0.2) is 77.7 Å². The van der Waals surface area contributed by atoms with Crippen molar-refractivity contribution in [2.45, 2.75) is 57.5 Å². The molecule has 0 saturated carbocycles. The number of rotatable bonds is 15. The van der Waals surface area contributed by atoms with Gasteiger partial charge in [0.1, 0.15) is 24.1 Å². The molecule has 3 aromatic carbocycles. The number of anilines is 1. The smallest absolute Gasteiger partial charge is 0.264 e. The van der Waals surface area contributed by atoms with Gasteiger partial charge in [-0.05, 0) is 73.9 Å². The molecule has 0 radical (unpaired) electrons. The summed E-state index contributed by atoms with van der Waals surface area (Å²) in [5, 5.41) is 2.94. The lowest BCUT2D eigenvalue weighted by molar-refractivity contribution is -0.140. The third kappa shape index (κ3) is 8.25. The van der Waals surface area contributed by atoms with Crippen LogP contribution < -0.4 is 19.1 Å². The molecule has 226 valence electrons. The van der Waals surface area contributed by atoms with Gasteiger partial charge in [-0.2, -0.15) is 0 Å². The normalized spacial score (nSPS) is 11.8. The largest absolute Gasteiger partial charge is 0.497 e. The molecule has 3 aromatic rings. The first-order chi connectivity index (χ1) is 20.1. The molecule has 0 heterocycles. The Labute approximate surface area is 249 Å². The standard InChI is InChI=1S/C32H41N3O6S/c1-6-8-21-33-32(37)30(7-2)34(22-25-11-15-27(40-4)16-12-25)31(36)23-35(26-13-9-24(3)10-14-26)42(38,39)29-19-17-28(41-5)18-20-29/h9-20,30H,6-8,21-23H2,1-5H3,(H,33,37)/t30-/m0/s1. The van der Waals surface area contributed by atoms with Crippen molar-refractivity contribution in [3.8, 4) is 11.5 Å². The third-order valence-electron chi connectivity index (χ3n) is 6.98. The van der Waals surface area contributed by atoms with Crippen molar-refractivity contribution in [1.82, 2.24) is 10.2 Å². The predicted molar refractivity (Wildman–Crippen MR) is 164 cm³/mol. The minimum atomic E-state index is -4.16. The Morgan fingerprint density at radius 2 is 1.43 bits per heavy atom. The van der Waals surface area contributed by atoms with Gasteiger partial charge in [-0.25, -0.2) is 8.42 Å². The molecule has 0 aliphatic rings. The molecule has 1 N–H and O–H groups in total. The maximum atomic E-state index is 14.1. The first-order valence-corrected chi connectivity index (χ1v) is 15.5. The number of carbonyl (C=O) groups excluding carboxylic acids is 2. The number of benzene rings is 3. The van der Waals surface area contributed by atoms with Crippen molar-refractivity contribution in [1.29, 1.82) is 0 Å². The number of unbranched alkanes of at least 4 members (excludes halogenated alkanes) is 1. The van der Waals surface area contributed by atoms with Crippen LogP contribution in [0.3, 0.4) is 0 Å². The summed E-state index contributed by atoms with van der Waals surface area (Å²) in [5.41, 5.74) is 2.07. The predicted octanol–water partition coefficient (Wildman–Crippen LogP) is 4.93. The molecule has 42 heavy (non-hydrogen) atoms. The van der Waals surface area contributed by atoms with Gasteiger partial charge in [0.15, 0.2) is 0 Å². The van der Waals surface area contributed by atoms with Crippen molar-refractivity contribution >= 4 is 27.5 Å². The first kappa shape index (κ1) is 32.5. The summed E-state index contributed by atoms with van der Waals surface area (Å²) < 4.78 is 39.5. The lowest BCUT2D eigenvalue weighted by Crippen LogP contribution is -2.52. The van der Waals surface area contributed by atoms with E-state index in [9.17, 15) is 18.0 Å². The zero-order valence-corrected chi connectivity index (χ0v) is 25.8. The summed E-state index contributed by atoms with van der Waals surface area (Å²) >= 11 is 0. The number of hydrogen-bond donors (Lipinski definition) is 1. The fourth-order valence-corrected chi connectivity index (χ4v) is 5.88. The molecule has 0 unspecified atom stereocenters. The Bertz CT molecular complexity index is 1410. The van der Waals surface area contributed by atoms with Crippen molar-refractivity contribution in [2.24, 2.45) is 0 Å². The number of amides is 2. The molecular formula is C32H41N3O6S. The van der Waals surface area contributed by atoms with Gasteiger partial charge in [0, 0.05) is 13.1 Å². The third-order valence-corrected chi connectivity index (χ3v) is 8.76. The Kier molecular flexibility index (Phi) is 11.8. The molecule has 1 atom stereocenters. The average molecular weight is 596 g/mol. The van der Waals surface area contributed by atoms with Crippen molar-refractivity contribution < 1.29 is 27.5 Å². The van der Waals surface area contributed by atoms with Crippen LogP contribution in [0.5, 0.6) is 11.5 Å². The summed E-state index contributed by atoms with van der Waals surface area (Å²) in [6, 6.07) is 19.4. The summed E-state index contributed by atoms with van der Waals surface area (Å²) in [6.45, 7) is 5.89. The number of carbonyl (C=O) groups is 2. The zero-order valence-electron chi connectivity index (χ0n) is 25.0. The Balaban J connectivity index is 2.02. The highest BCUT2D eigenvalue weighted by molar-refractivity contribution is 7.92. The number of ether oxygens (including phenoxy) is 2. The molecule has 0 bridgehead atoms. The van der Waals surface area contributed by atoms with Gasteiger partial charge < -0.3 is 19.7 Å². The summed E-state index contributed by atoms with van der Waals surface area (Å²) in [4.78, 5) is 28.9. The first-order valence-electron chi connectivity index (χ1n) is 14.1. The van der Waals surface area contributed by atoms with Crippen molar-refractivity contribution in [3.63, 3.8) is 0 Å². The van der Waals surface area contributed by atoms with E-state index in [1.54, 1.807) is 55.6 Å². The quantitative estimate of drug-likeness (QED) is 0.250. The van der Waals surface area contributed by atoms with E-state index in [1.165, 1.54) is 24.1 Å². The Hall–Kier alpha value is -4.05. The second-order valence-electron chi connectivity index (χ2n) is 9.96. The molecule has 0 aliphatic carbocycles. The van der Waals surface area contributed by atoms with Gasteiger partial charge in [-0.3, -0.25) is 13.9 Å². The summed E-state index contributed by atoms with van der Waals surface area (Å²) in [5.74, 6) is 0.406. The van der Waals surface area contributed by atoms with Crippen LogP contribution in [-0.2, 0) is 26.2 Å². The number of aryl methyl sites for hydroxylation is 1. The highest BCUT2D eigenvalue weighted by Gasteiger charge is 2.33.